The third kappa shape index (κ3) is 6.64. The number of hydrogen-bond acceptors (Lipinski definition) is 6. The van der Waals surface area contributed by atoms with E-state index in [1.165, 1.54) is 25.3 Å². The molecule has 3 rings (SSSR count). The summed E-state index contributed by atoms with van der Waals surface area (Å²) in [4.78, 5) is 23.2. The van der Waals surface area contributed by atoms with Crippen molar-refractivity contribution in [2.75, 3.05) is 12.4 Å². The molecule has 0 heterocycles. The first-order chi connectivity index (χ1) is 16.7. The van der Waals surface area contributed by atoms with Gasteiger partial charge in [-0.15, -0.1) is 0 Å². The van der Waals surface area contributed by atoms with Crippen LogP contribution < -0.4 is 14.8 Å². The molecule has 0 saturated carbocycles. The van der Waals surface area contributed by atoms with E-state index in [9.17, 15) is 20.2 Å². The Morgan fingerprint density at radius 1 is 1.09 bits per heavy atom. The summed E-state index contributed by atoms with van der Waals surface area (Å²) < 4.78 is 11.2. The van der Waals surface area contributed by atoms with Crippen LogP contribution in [0.5, 0.6) is 11.5 Å². The maximum atomic E-state index is 12.6. The van der Waals surface area contributed by atoms with Crippen molar-refractivity contribution in [2.24, 2.45) is 0 Å². The van der Waals surface area contributed by atoms with Gasteiger partial charge in [-0.25, -0.2) is 0 Å². The number of methoxy groups -OCH3 is 1. The lowest BCUT2D eigenvalue weighted by Gasteiger charge is -2.12. The zero-order chi connectivity index (χ0) is 25.5. The van der Waals surface area contributed by atoms with Crippen LogP contribution >= 0.6 is 34.8 Å². The van der Waals surface area contributed by atoms with Crippen molar-refractivity contribution in [3.05, 3.63) is 96.5 Å². The zero-order valence-electron chi connectivity index (χ0n) is 18.1. The second-order valence-electron chi connectivity index (χ2n) is 6.98. The van der Waals surface area contributed by atoms with E-state index in [2.05, 4.69) is 5.32 Å². The first kappa shape index (κ1) is 25.8. The Bertz CT molecular complexity index is 1370. The van der Waals surface area contributed by atoms with Gasteiger partial charge in [0.05, 0.1) is 12.0 Å². The Morgan fingerprint density at radius 3 is 2.46 bits per heavy atom. The summed E-state index contributed by atoms with van der Waals surface area (Å²) in [6.07, 6.45) is 1.32. The van der Waals surface area contributed by atoms with Crippen molar-refractivity contribution in [3.63, 3.8) is 0 Å². The standard InChI is InChI=1S/C24H16Cl3N3O5/c1-34-23-9-14(2-7-22(23)35-13-15-3-4-17(25)10-19(15)27)8-16(12-28)24(31)29-20-6-5-18(26)11-21(20)30(32)33/h2-11H,13H2,1H3,(H,29,31)/b16-8-. The van der Waals surface area contributed by atoms with Gasteiger partial charge < -0.3 is 14.8 Å². The molecule has 178 valence electrons. The molecule has 0 spiro atoms. The van der Waals surface area contributed by atoms with Crippen LogP contribution in [0, 0.1) is 21.4 Å². The number of rotatable bonds is 8. The third-order valence-corrected chi connectivity index (χ3v) is 5.49. The van der Waals surface area contributed by atoms with Crippen LogP contribution in [0.15, 0.2) is 60.2 Å². The first-order valence-corrected chi connectivity index (χ1v) is 11.0. The summed E-state index contributed by atoms with van der Waals surface area (Å²) in [5.74, 6) is -0.0557. The lowest BCUT2D eigenvalue weighted by Crippen LogP contribution is -2.14. The molecule has 3 aromatic rings. The number of nitro benzene ring substituents is 1. The fraction of sp³-hybridized carbons (Fsp3) is 0.0833. The fourth-order valence-corrected chi connectivity index (χ4v) is 3.58. The zero-order valence-corrected chi connectivity index (χ0v) is 20.3. The van der Waals surface area contributed by atoms with Gasteiger partial charge >= 0.3 is 0 Å². The molecule has 0 aliphatic carbocycles. The third-order valence-electron chi connectivity index (χ3n) is 4.67. The Hall–Kier alpha value is -3.77. The van der Waals surface area contributed by atoms with Gasteiger partial charge in [-0.05, 0) is 48.0 Å². The summed E-state index contributed by atoms with van der Waals surface area (Å²) in [7, 11) is 1.45. The van der Waals surface area contributed by atoms with Gasteiger partial charge in [-0.1, -0.05) is 46.9 Å². The average Bonchev–Trinajstić information content (AvgIpc) is 2.83. The van der Waals surface area contributed by atoms with Crippen molar-refractivity contribution in [2.45, 2.75) is 6.61 Å². The van der Waals surface area contributed by atoms with Crippen LogP contribution in [0.3, 0.4) is 0 Å². The number of carbonyl (C=O) groups is 1. The molecule has 0 radical (unpaired) electrons. The summed E-state index contributed by atoms with van der Waals surface area (Å²) >= 11 is 17.9. The number of hydrogen-bond donors (Lipinski definition) is 1. The predicted octanol–water partition coefficient (Wildman–Crippen LogP) is 6.69. The van der Waals surface area contributed by atoms with E-state index in [-0.39, 0.29) is 22.9 Å². The van der Waals surface area contributed by atoms with Gasteiger partial charge in [-0.3, -0.25) is 14.9 Å². The maximum absolute atomic E-state index is 12.6. The molecule has 0 atom stereocenters. The van der Waals surface area contributed by atoms with Crippen LogP contribution in [-0.2, 0) is 11.4 Å². The molecule has 0 aliphatic heterocycles. The largest absolute Gasteiger partial charge is 0.493 e. The first-order valence-electron chi connectivity index (χ1n) is 9.83. The topological polar surface area (TPSA) is 114 Å². The molecule has 0 fully saturated rings. The molecule has 0 bridgehead atoms. The van der Waals surface area contributed by atoms with Crippen molar-refractivity contribution in [3.8, 4) is 17.6 Å². The van der Waals surface area contributed by atoms with Crippen molar-refractivity contribution in [1.29, 1.82) is 5.26 Å². The second kappa shape index (κ2) is 11.6. The number of halogens is 3. The van der Waals surface area contributed by atoms with Crippen LogP contribution in [0.2, 0.25) is 15.1 Å². The number of ether oxygens (including phenoxy) is 2. The van der Waals surface area contributed by atoms with Gasteiger partial charge in [-0.2, -0.15) is 5.26 Å². The van der Waals surface area contributed by atoms with E-state index in [0.29, 0.717) is 27.1 Å². The monoisotopic (exact) mass is 531 g/mol. The average molecular weight is 533 g/mol. The lowest BCUT2D eigenvalue weighted by atomic mass is 10.1. The minimum atomic E-state index is -0.824. The normalized spacial score (nSPS) is 10.9. The highest BCUT2D eigenvalue weighted by atomic mass is 35.5. The van der Waals surface area contributed by atoms with E-state index in [4.69, 9.17) is 44.3 Å². The number of nitro groups is 1. The van der Waals surface area contributed by atoms with Crippen LogP contribution in [0.1, 0.15) is 11.1 Å². The second-order valence-corrected chi connectivity index (χ2v) is 8.26. The number of carbonyl (C=O) groups excluding carboxylic acids is 1. The molecule has 0 aromatic heterocycles. The highest BCUT2D eigenvalue weighted by Gasteiger charge is 2.19. The van der Waals surface area contributed by atoms with Gasteiger partial charge in [0.2, 0.25) is 0 Å². The van der Waals surface area contributed by atoms with E-state index in [1.54, 1.807) is 42.5 Å². The number of anilines is 1. The highest BCUT2D eigenvalue weighted by Crippen LogP contribution is 2.32. The van der Waals surface area contributed by atoms with E-state index in [0.717, 1.165) is 11.6 Å². The Balaban J connectivity index is 1.80. The number of amides is 1. The van der Waals surface area contributed by atoms with E-state index in [1.807, 2.05) is 0 Å². The van der Waals surface area contributed by atoms with Gasteiger partial charge in [0.15, 0.2) is 11.5 Å². The van der Waals surface area contributed by atoms with Crippen LogP contribution in [0.4, 0.5) is 11.4 Å². The number of benzene rings is 3. The van der Waals surface area contributed by atoms with Crippen LogP contribution in [0.25, 0.3) is 6.08 Å². The van der Waals surface area contributed by atoms with Crippen LogP contribution in [-0.4, -0.2) is 17.9 Å². The summed E-state index contributed by atoms with van der Waals surface area (Å²) in [6, 6.07) is 15.5. The Morgan fingerprint density at radius 2 is 1.80 bits per heavy atom. The molecule has 1 amide bonds. The predicted molar refractivity (Wildman–Crippen MR) is 134 cm³/mol. The Labute approximate surface area is 215 Å². The molecular weight excluding hydrogens is 517 g/mol. The molecule has 1 N–H and O–H groups in total. The molecule has 0 unspecified atom stereocenters. The maximum Gasteiger partial charge on any atom is 0.294 e. The summed E-state index contributed by atoms with van der Waals surface area (Å²) in [6.45, 7) is 0.160. The minimum Gasteiger partial charge on any atom is -0.493 e. The number of nitriles is 1. The lowest BCUT2D eigenvalue weighted by molar-refractivity contribution is -0.383. The van der Waals surface area contributed by atoms with Gasteiger partial charge in [0.1, 0.15) is 23.9 Å². The highest BCUT2D eigenvalue weighted by molar-refractivity contribution is 6.35. The molecule has 0 saturated heterocycles. The van der Waals surface area contributed by atoms with E-state index < -0.39 is 16.5 Å². The SMILES string of the molecule is COc1cc(/C=C(/C#N)C(=O)Nc2ccc(Cl)cc2[N+](=O)[O-])ccc1OCc1ccc(Cl)cc1Cl. The smallest absolute Gasteiger partial charge is 0.294 e. The molecule has 35 heavy (non-hydrogen) atoms. The molecular formula is C24H16Cl3N3O5. The van der Waals surface area contributed by atoms with Gasteiger partial charge in [0.25, 0.3) is 11.6 Å². The fourth-order valence-electron chi connectivity index (χ4n) is 2.95. The summed E-state index contributed by atoms with van der Waals surface area (Å²) in [5.41, 5.74) is 0.426. The quantitative estimate of drug-likeness (QED) is 0.150. The van der Waals surface area contributed by atoms with E-state index >= 15 is 0 Å². The molecule has 8 nitrogen and oxygen atoms in total. The van der Waals surface area contributed by atoms with Crippen molar-refractivity contribution in [1.82, 2.24) is 0 Å². The van der Waals surface area contributed by atoms with Crippen molar-refractivity contribution >= 4 is 58.2 Å². The molecule has 0 aliphatic rings. The molecule has 3 aromatic carbocycles. The van der Waals surface area contributed by atoms with Crippen molar-refractivity contribution < 1.29 is 19.2 Å². The minimum absolute atomic E-state index is 0.0901. The number of nitrogens with one attached hydrogen (secondary N) is 1. The summed E-state index contributed by atoms with van der Waals surface area (Å²) in [5, 5.41) is 24.2. The van der Waals surface area contributed by atoms with Gasteiger partial charge in [0, 0.05) is 26.7 Å². The Kier molecular flexibility index (Phi) is 8.55. The number of nitrogens with zero attached hydrogens (tertiary/aromatic N) is 2. The molecule has 11 heteroatoms.